The molecular weight excluding hydrogens is 324 g/mol. The minimum Gasteiger partial charge on any atom is -0.290 e. The van der Waals surface area contributed by atoms with Gasteiger partial charge in [0, 0.05) is 29.2 Å². The van der Waals surface area contributed by atoms with Crippen molar-refractivity contribution in [3.8, 4) is 11.4 Å². The highest BCUT2D eigenvalue weighted by Gasteiger charge is 2.15. The molecule has 0 radical (unpaired) electrons. The summed E-state index contributed by atoms with van der Waals surface area (Å²) in [5.74, 6) is 0.274. The summed E-state index contributed by atoms with van der Waals surface area (Å²) >= 11 is 7.23. The number of nitrogens with zero attached hydrogens (tertiary/aromatic N) is 6. The van der Waals surface area contributed by atoms with E-state index in [0.29, 0.717) is 16.0 Å². The SMILES string of the molecule is CN(C(=O)Cn1nnc(-c2ccc(Cl)cc2)n1)c1nccs1. The average molecular weight is 335 g/mol. The Morgan fingerprint density at radius 3 is 2.82 bits per heavy atom. The maximum Gasteiger partial charge on any atom is 0.252 e. The highest BCUT2D eigenvalue weighted by atomic mass is 35.5. The third-order valence-electron chi connectivity index (χ3n) is 2.91. The number of rotatable bonds is 4. The fourth-order valence-corrected chi connectivity index (χ4v) is 2.49. The van der Waals surface area contributed by atoms with E-state index in [1.54, 1.807) is 37.5 Å². The van der Waals surface area contributed by atoms with E-state index in [-0.39, 0.29) is 12.5 Å². The number of carbonyl (C=O) groups excluding carboxylic acids is 1. The monoisotopic (exact) mass is 334 g/mol. The number of halogens is 1. The molecule has 7 nitrogen and oxygen atoms in total. The Hall–Kier alpha value is -2.32. The Balaban J connectivity index is 1.71. The van der Waals surface area contributed by atoms with Crippen LogP contribution >= 0.6 is 22.9 Å². The van der Waals surface area contributed by atoms with Crippen molar-refractivity contribution in [1.82, 2.24) is 25.2 Å². The van der Waals surface area contributed by atoms with Crippen LogP contribution in [0.15, 0.2) is 35.8 Å². The van der Waals surface area contributed by atoms with Gasteiger partial charge < -0.3 is 0 Å². The van der Waals surface area contributed by atoms with E-state index in [2.05, 4.69) is 20.4 Å². The Kier molecular flexibility index (Phi) is 4.12. The zero-order chi connectivity index (χ0) is 15.5. The summed E-state index contributed by atoms with van der Waals surface area (Å²) in [6.45, 7) is -0.00330. The molecule has 0 aliphatic heterocycles. The number of amides is 1. The summed E-state index contributed by atoms with van der Waals surface area (Å²) in [6, 6.07) is 7.10. The van der Waals surface area contributed by atoms with Crippen molar-refractivity contribution in [2.45, 2.75) is 6.54 Å². The maximum atomic E-state index is 12.1. The first-order valence-electron chi connectivity index (χ1n) is 6.33. The van der Waals surface area contributed by atoms with Crippen molar-refractivity contribution < 1.29 is 4.79 Å². The van der Waals surface area contributed by atoms with Gasteiger partial charge in [-0.3, -0.25) is 9.69 Å². The molecule has 0 unspecified atom stereocenters. The lowest BCUT2D eigenvalue weighted by atomic mass is 10.2. The van der Waals surface area contributed by atoms with Gasteiger partial charge in [0.05, 0.1) is 0 Å². The van der Waals surface area contributed by atoms with Gasteiger partial charge in [-0.2, -0.15) is 4.80 Å². The van der Waals surface area contributed by atoms with Gasteiger partial charge in [0.2, 0.25) is 5.82 Å². The summed E-state index contributed by atoms with van der Waals surface area (Å²) in [6.07, 6.45) is 1.65. The van der Waals surface area contributed by atoms with Crippen LogP contribution in [0.5, 0.6) is 0 Å². The largest absolute Gasteiger partial charge is 0.290 e. The molecule has 0 aliphatic rings. The molecule has 0 fully saturated rings. The fourth-order valence-electron chi connectivity index (χ4n) is 1.74. The maximum absolute atomic E-state index is 12.1. The molecule has 0 saturated heterocycles. The normalized spacial score (nSPS) is 10.6. The van der Waals surface area contributed by atoms with Crippen molar-refractivity contribution in [3.05, 3.63) is 40.9 Å². The van der Waals surface area contributed by atoms with E-state index in [1.165, 1.54) is 21.0 Å². The van der Waals surface area contributed by atoms with Crippen LogP contribution in [0.3, 0.4) is 0 Å². The van der Waals surface area contributed by atoms with E-state index in [0.717, 1.165) is 5.56 Å². The molecule has 2 aromatic heterocycles. The van der Waals surface area contributed by atoms with Crippen molar-refractivity contribution in [1.29, 1.82) is 0 Å². The molecule has 1 amide bonds. The highest BCUT2D eigenvalue weighted by Crippen LogP contribution is 2.18. The van der Waals surface area contributed by atoms with Crippen LogP contribution < -0.4 is 4.90 Å². The highest BCUT2D eigenvalue weighted by molar-refractivity contribution is 7.13. The van der Waals surface area contributed by atoms with Gasteiger partial charge >= 0.3 is 0 Å². The second-order valence-corrected chi connectivity index (χ2v) is 5.73. The second-order valence-electron chi connectivity index (χ2n) is 4.42. The third kappa shape index (κ3) is 3.12. The number of hydrogen-bond acceptors (Lipinski definition) is 6. The van der Waals surface area contributed by atoms with E-state index in [9.17, 15) is 4.79 Å². The first-order chi connectivity index (χ1) is 10.6. The second kappa shape index (κ2) is 6.20. The molecule has 112 valence electrons. The van der Waals surface area contributed by atoms with Crippen LogP contribution in [0.4, 0.5) is 5.13 Å². The van der Waals surface area contributed by atoms with E-state index in [1.807, 2.05) is 5.38 Å². The number of tetrazole rings is 1. The molecule has 1 aromatic carbocycles. The zero-order valence-corrected chi connectivity index (χ0v) is 13.1. The number of aromatic nitrogens is 5. The predicted octanol–water partition coefficient (Wildman–Crippen LogP) is 2.11. The van der Waals surface area contributed by atoms with Crippen molar-refractivity contribution in [2.75, 3.05) is 11.9 Å². The van der Waals surface area contributed by atoms with Gasteiger partial charge in [0.25, 0.3) is 5.91 Å². The predicted molar refractivity (Wildman–Crippen MR) is 83.8 cm³/mol. The topological polar surface area (TPSA) is 76.8 Å². The van der Waals surface area contributed by atoms with Gasteiger partial charge in [0.1, 0.15) is 6.54 Å². The van der Waals surface area contributed by atoms with E-state index >= 15 is 0 Å². The van der Waals surface area contributed by atoms with Gasteiger partial charge in [-0.25, -0.2) is 4.98 Å². The van der Waals surface area contributed by atoms with Gasteiger partial charge in [-0.15, -0.1) is 21.5 Å². The first-order valence-corrected chi connectivity index (χ1v) is 7.59. The molecule has 0 aliphatic carbocycles. The van der Waals surface area contributed by atoms with Gasteiger partial charge in [0.15, 0.2) is 5.13 Å². The molecule has 0 spiro atoms. The number of anilines is 1. The molecule has 2 heterocycles. The van der Waals surface area contributed by atoms with Crippen LogP contribution in [0.2, 0.25) is 5.02 Å². The Labute approximate surface area is 135 Å². The quantitative estimate of drug-likeness (QED) is 0.730. The van der Waals surface area contributed by atoms with Crippen LogP contribution in [-0.4, -0.2) is 38.1 Å². The lowest BCUT2D eigenvalue weighted by molar-refractivity contribution is -0.119. The smallest absolute Gasteiger partial charge is 0.252 e. The molecule has 3 aromatic rings. The zero-order valence-electron chi connectivity index (χ0n) is 11.5. The number of carbonyl (C=O) groups is 1. The number of thiazole rings is 1. The van der Waals surface area contributed by atoms with Crippen LogP contribution in [-0.2, 0) is 11.3 Å². The summed E-state index contributed by atoms with van der Waals surface area (Å²) < 4.78 is 0. The number of hydrogen-bond donors (Lipinski definition) is 0. The van der Waals surface area contributed by atoms with Gasteiger partial charge in [-0.05, 0) is 29.5 Å². The summed E-state index contributed by atoms with van der Waals surface area (Å²) in [7, 11) is 1.66. The summed E-state index contributed by atoms with van der Waals surface area (Å²) in [5, 5.41) is 15.1. The number of likely N-dealkylation sites (N-methyl/N-ethyl adjacent to an activating group) is 1. The van der Waals surface area contributed by atoms with Crippen molar-refractivity contribution in [2.24, 2.45) is 0 Å². The van der Waals surface area contributed by atoms with Crippen molar-refractivity contribution >= 4 is 34.0 Å². The summed E-state index contributed by atoms with van der Waals surface area (Å²) in [4.78, 5) is 19.0. The molecule has 0 saturated carbocycles. The Morgan fingerprint density at radius 1 is 1.36 bits per heavy atom. The van der Waals surface area contributed by atoms with Gasteiger partial charge in [-0.1, -0.05) is 11.6 Å². The van der Waals surface area contributed by atoms with E-state index in [4.69, 9.17) is 11.6 Å². The summed E-state index contributed by atoms with van der Waals surface area (Å²) in [5.41, 5.74) is 0.788. The minimum absolute atomic E-state index is 0.00330. The fraction of sp³-hybridized carbons (Fsp3) is 0.154. The molecule has 0 N–H and O–H groups in total. The average Bonchev–Trinajstić information content (AvgIpc) is 3.18. The Morgan fingerprint density at radius 2 is 2.14 bits per heavy atom. The lowest BCUT2D eigenvalue weighted by Gasteiger charge is -2.12. The molecule has 3 rings (SSSR count). The molecule has 9 heteroatoms. The van der Waals surface area contributed by atoms with Crippen LogP contribution in [0.1, 0.15) is 0 Å². The Bertz CT molecular complexity index is 770. The van der Waals surface area contributed by atoms with Crippen LogP contribution in [0.25, 0.3) is 11.4 Å². The van der Waals surface area contributed by atoms with Crippen LogP contribution in [0, 0.1) is 0 Å². The van der Waals surface area contributed by atoms with Crippen molar-refractivity contribution in [3.63, 3.8) is 0 Å². The lowest BCUT2D eigenvalue weighted by Crippen LogP contribution is -2.30. The molecular formula is C13H11ClN6OS. The number of benzene rings is 1. The molecule has 0 atom stereocenters. The van der Waals surface area contributed by atoms with E-state index < -0.39 is 0 Å². The standard InChI is InChI=1S/C13H11ClN6OS/c1-19(13-15-6-7-22-13)11(21)8-20-17-12(16-18-20)9-2-4-10(14)5-3-9/h2-7H,8H2,1H3. The first kappa shape index (κ1) is 14.6. The molecule has 0 bridgehead atoms. The molecule has 22 heavy (non-hydrogen) atoms. The minimum atomic E-state index is -0.171. The third-order valence-corrected chi connectivity index (χ3v) is 4.01.